The minimum absolute atomic E-state index is 0.760. The fourth-order valence-electron chi connectivity index (χ4n) is 1.56. The van der Waals surface area contributed by atoms with Gasteiger partial charge in [0, 0.05) is 27.3 Å². The number of hydrogen-bond acceptors (Lipinski definition) is 2. The van der Waals surface area contributed by atoms with Gasteiger partial charge in [0.15, 0.2) is 0 Å². The quantitative estimate of drug-likeness (QED) is 0.852. The van der Waals surface area contributed by atoms with Crippen molar-refractivity contribution in [1.82, 2.24) is 5.32 Å². The molecule has 0 atom stereocenters. The molecule has 90 valence electrons. The first kappa shape index (κ1) is 13.1. The zero-order chi connectivity index (χ0) is 12.3. The fraction of sp³-hybridized carbons (Fsp3) is 0.231. The molecule has 1 aromatic heterocycles. The summed E-state index contributed by atoms with van der Waals surface area (Å²) in [5.74, 6) is 0. The molecule has 0 aliphatic carbocycles. The van der Waals surface area contributed by atoms with Gasteiger partial charge in [0.25, 0.3) is 0 Å². The van der Waals surface area contributed by atoms with Crippen LogP contribution in [0.1, 0.15) is 15.3 Å². The smallest absolute Gasteiger partial charge is 0.0551 e. The third-order valence-corrected chi connectivity index (χ3v) is 4.64. The summed E-state index contributed by atoms with van der Waals surface area (Å²) in [7, 11) is 0. The van der Waals surface area contributed by atoms with E-state index in [1.54, 1.807) is 0 Å². The number of nitrogens with one attached hydrogen (secondary N) is 1. The zero-order valence-corrected chi connectivity index (χ0v) is 12.6. The Kier molecular flexibility index (Phi) is 4.62. The number of rotatable bonds is 4. The predicted octanol–water partition coefficient (Wildman–Crippen LogP) is 4.76. The normalized spacial score (nSPS) is 10.8. The van der Waals surface area contributed by atoms with Crippen LogP contribution in [0, 0.1) is 6.92 Å². The summed E-state index contributed by atoms with van der Waals surface area (Å²) in [5.41, 5.74) is 1.20. The lowest BCUT2D eigenvalue weighted by molar-refractivity contribution is 0.701. The summed E-state index contributed by atoms with van der Waals surface area (Å²) in [5, 5.41) is 4.17. The standard InChI is InChI=1S/C13H13BrClNS/c1-9-2-4-11(17-9)8-16-7-10-3-5-12(14)13(15)6-10/h2-6,16H,7-8H2,1H3. The van der Waals surface area contributed by atoms with Crippen molar-refractivity contribution >= 4 is 38.9 Å². The molecule has 2 aromatic rings. The molecule has 0 amide bonds. The highest BCUT2D eigenvalue weighted by atomic mass is 79.9. The molecule has 1 N–H and O–H groups in total. The maximum atomic E-state index is 6.04. The van der Waals surface area contributed by atoms with Gasteiger partial charge in [0.2, 0.25) is 0 Å². The molecule has 0 radical (unpaired) electrons. The van der Waals surface area contributed by atoms with E-state index in [1.165, 1.54) is 15.3 Å². The van der Waals surface area contributed by atoms with Crippen molar-refractivity contribution in [3.8, 4) is 0 Å². The van der Waals surface area contributed by atoms with E-state index in [1.807, 2.05) is 23.5 Å². The molecule has 2 rings (SSSR count). The van der Waals surface area contributed by atoms with Gasteiger partial charge in [-0.05, 0) is 52.7 Å². The van der Waals surface area contributed by atoms with E-state index in [-0.39, 0.29) is 0 Å². The SMILES string of the molecule is Cc1ccc(CNCc2ccc(Br)c(Cl)c2)s1. The van der Waals surface area contributed by atoms with E-state index < -0.39 is 0 Å². The molecule has 0 saturated carbocycles. The largest absolute Gasteiger partial charge is 0.308 e. The van der Waals surface area contributed by atoms with E-state index in [2.05, 4.69) is 46.4 Å². The predicted molar refractivity (Wildman–Crippen MR) is 78.8 cm³/mol. The highest BCUT2D eigenvalue weighted by Crippen LogP contribution is 2.23. The Morgan fingerprint density at radius 1 is 1.24 bits per heavy atom. The molecule has 1 heterocycles. The number of aryl methyl sites for hydroxylation is 1. The van der Waals surface area contributed by atoms with Crippen molar-refractivity contribution in [2.24, 2.45) is 0 Å². The van der Waals surface area contributed by atoms with E-state index in [9.17, 15) is 0 Å². The Morgan fingerprint density at radius 3 is 2.71 bits per heavy atom. The molecule has 0 unspecified atom stereocenters. The molecule has 0 bridgehead atoms. The first-order valence-corrected chi connectivity index (χ1v) is 7.34. The lowest BCUT2D eigenvalue weighted by atomic mass is 10.2. The van der Waals surface area contributed by atoms with Crippen LogP contribution in [-0.2, 0) is 13.1 Å². The van der Waals surface area contributed by atoms with Crippen LogP contribution < -0.4 is 5.32 Å². The summed E-state index contributed by atoms with van der Waals surface area (Å²) in [6.45, 7) is 3.87. The van der Waals surface area contributed by atoms with E-state index in [0.717, 1.165) is 22.6 Å². The topological polar surface area (TPSA) is 12.0 Å². The van der Waals surface area contributed by atoms with Crippen molar-refractivity contribution in [3.05, 3.63) is 55.1 Å². The van der Waals surface area contributed by atoms with Crippen LogP contribution in [0.25, 0.3) is 0 Å². The van der Waals surface area contributed by atoms with Crippen molar-refractivity contribution < 1.29 is 0 Å². The number of halogens is 2. The van der Waals surface area contributed by atoms with Gasteiger partial charge in [0.1, 0.15) is 0 Å². The van der Waals surface area contributed by atoms with Crippen molar-refractivity contribution in [1.29, 1.82) is 0 Å². The van der Waals surface area contributed by atoms with E-state index >= 15 is 0 Å². The molecular formula is C13H13BrClNS. The first-order chi connectivity index (χ1) is 8.15. The monoisotopic (exact) mass is 329 g/mol. The Hall–Kier alpha value is -0.350. The van der Waals surface area contributed by atoms with Crippen LogP contribution in [-0.4, -0.2) is 0 Å². The highest BCUT2D eigenvalue weighted by molar-refractivity contribution is 9.10. The van der Waals surface area contributed by atoms with Crippen LogP contribution in [0.4, 0.5) is 0 Å². The van der Waals surface area contributed by atoms with Gasteiger partial charge >= 0.3 is 0 Å². The number of benzene rings is 1. The molecular weight excluding hydrogens is 318 g/mol. The third kappa shape index (κ3) is 3.81. The average Bonchev–Trinajstić information content (AvgIpc) is 2.70. The van der Waals surface area contributed by atoms with Gasteiger partial charge in [-0.2, -0.15) is 0 Å². The third-order valence-electron chi connectivity index (χ3n) is 2.41. The van der Waals surface area contributed by atoms with E-state index in [0.29, 0.717) is 0 Å². The summed E-state index contributed by atoms with van der Waals surface area (Å²) in [4.78, 5) is 2.72. The maximum Gasteiger partial charge on any atom is 0.0551 e. The van der Waals surface area contributed by atoms with Crippen molar-refractivity contribution in [2.75, 3.05) is 0 Å². The van der Waals surface area contributed by atoms with E-state index in [4.69, 9.17) is 11.6 Å². The van der Waals surface area contributed by atoms with Crippen LogP contribution in [0.5, 0.6) is 0 Å². The first-order valence-electron chi connectivity index (χ1n) is 5.35. The molecule has 4 heteroatoms. The molecule has 1 aromatic carbocycles. The van der Waals surface area contributed by atoms with Gasteiger partial charge < -0.3 is 5.32 Å². The van der Waals surface area contributed by atoms with Crippen LogP contribution in [0.15, 0.2) is 34.8 Å². The van der Waals surface area contributed by atoms with Gasteiger partial charge in [-0.15, -0.1) is 11.3 Å². The molecule has 0 aliphatic heterocycles. The lowest BCUT2D eigenvalue weighted by Crippen LogP contribution is -2.11. The second-order valence-electron chi connectivity index (χ2n) is 3.86. The summed E-state index contributed by atoms with van der Waals surface area (Å²) in [6.07, 6.45) is 0. The zero-order valence-electron chi connectivity index (χ0n) is 9.47. The van der Waals surface area contributed by atoms with Gasteiger partial charge in [-0.25, -0.2) is 0 Å². The number of thiophene rings is 1. The summed E-state index contributed by atoms with van der Waals surface area (Å²) >= 11 is 11.3. The lowest BCUT2D eigenvalue weighted by Gasteiger charge is -2.05. The summed E-state index contributed by atoms with van der Waals surface area (Å²) in [6, 6.07) is 10.4. The van der Waals surface area contributed by atoms with Crippen molar-refractivity contribution in [2.45, 2.75) is 20.0 Å². The second kappa shape index (κ2) is 6.01. The molecule has 0 aliphatic rings. The summed E-state index contributed by atoms with van der Waals surface area (Å²) < 4.78 is 0.941. The fourth-order valence-corrected chi connectivity index (χ4v) is 2.87. The molecule has 0 saturated heterocycles. The Labute approximate surface area is 119 Å². The van der Waals surface area contributed by atoms with Crippen molar-refractivity contribution in [3.63, 3.8) is 0 Å². The second-order valence-corrected chi connectivity index (χ2v) is 6.50. The number of hydrogen-bond donors (Lipinski definition) is 1. The molecule has 0 fully saturated rings. The van der Waals surface area contributed by atoms with Crippen LogP contribution in [0.3, 0.4) is 0 Å². The minimum Gasteiger partial charge on any atom is -0.308 e. The Bertz CT molecular complexity index is 510. The molecule has 0 spiro atoms. The average molecular weight is 331 g/mol. The van der Waals surface area contributed by atoms with Gasteiger partial charge in [0.05, 0.1) is 5.02 Å². The Balaban J connectivity index is 1.87. The molecule has 17 heavy (non-hydrogen) atoms. The van der Waals surface area contributed by atoms with Gasteiger partial charge in [-0.3, -0.25) is 0 Å². The Morgan fingerprint density at radius 2 is 2.06 bits per heavy atom. The van der Waals surface area contributed by atoms with Crippen LogP contribution in [0.2, 0.25) is 5.02 Å². The maximum absolute atomic E-state index is 6.04. The minimum atomic E-state index is 0.760. The molecule has 1 nitrogen and oxygen atoms in total. The van der Waals surface area contributed by atoms with Crippen LogP contribution >= 0.6 is 38.9 Å². The highest BCUT2D eigenvalue weighted by Gasteiger charge is 2.00. The van der Waals surface area contributed by atoms with Gasteiger partial charge in [-0.1, -0.05) is 17.7 Å².